The Balaban J connectivity index is 1.58. The number of amides is 1. The maximum atomic E-state index is 12.2. The van der Waals surface area contributed by atoms with E-state index in [1.807, 2.05) is 38.1 Å². The molecule has 2 aromatic carbocycles. The van der Waals surface area contributed by atoms with Gasteiger partial charge in [0.1, 0.15) is 0 Å². The number of aryl methyl sites for hydroxylation is 2. The van der Waals surface area contributed by atoms with Crippen LogP contribution in [0.2, 0.25) is 5.02 Å². The smallest absolute Gasteiger partial charge is 0.338 e. The lowest BCUT2D eigenvalue weighted by atomic mass is 10.2. The molecule has 1 heterocycles. The van der Waals surface area contributed by atoms with Crippen molar-refractivity contribution in [2.45, 2.75) is 13.8 Å². The highest BCUT2D eigenvalue weighted by Gasteiger charge is 2.11. The van der Waals surface area contributed by atoms with Gasteiger partial charge >= 0.3 is 5.97 Å². The maximum absolute atomic E-state index is 12.2. The number of rotatable bonds is 5. The number of anilines is 1. The minimum absolute atomic E-state index is 0.362. The number of esters is 1. The Kier molecular flexibility index (Phi) is 5.62. The molecule has 6 heteroatoms. The van der Waals surface area contributed by atoms with Crippen molar-refractivity contribution in [1.82, 2.24) is 4.57 Å². The lowest BCUT2D eigenvalue weighted by molar-refractivity contribution is -0.119. The Morgan fingerprint density at radius 2 is 1.52 bits per heavy atom. The van der Waals surface area contributed by atoms with Gasteiger partial charge in [-0.05, 0) is 74.5 Å². The number of ether oxygens (including phenoxy) is 1. The normalized spacial score (nSPS) is 10.5. The van der Waals surface area contributed by atoms with Crippen LogP contribution in [0.4, 0.5) is 5.69 Å². The number of hydrogen-bond acceptors (Lipinski definition) is 3. The zero-order valence-electron chi connectivity index (χ0n) is 15.0. The van der Waals surface area contributed by atoms with E-state index in [0.717, 1.165) is 17.1 Å². The van der Waals surface area contributed by atoms with E-state index >= 15 is 0 Å². The molecule has 0 aliphatic rings. The van der Waals surface area contributed by atoms with Gasteiger partial charge in [0.2, 0.25) is 0 Å². The minimum Gasteiger partial charge on any atom is -0.452 e. The van der Waals surface area contributed by atoms with Crippen LogP contribution in [0.1, 0.15) is 21.7 Å². The van der Waals surface area contributed by atoms with E-state index in [1.54, 1.807) is 36.4 Å². The first-order valence-electron chi connectivity index (χ1n) is 8.42. The summed E-state index contributed by atoms with van der Waals surface area (Å²) in [5, 5.41) is 3.21. The average molecular weight is 383 g/mol. The molecule has 0 saturated carbocycles. The van der Waals surface area contributed by atoms with Crippen LogP contribution in [0.25, 0.3) is 5.69 Å². The van der Waals surface area contributed by atoms with Gasteiger partial charge in [0.15, 0.2) is 6.61 Å². The second-order valence-electron chi connectivity index (χ2n) is 6.13. The van der Waals surface area contributed by atoms with Crippen LogP contribution >= 0.6 is 11.6 Å². The molecule has 1 N–H and O–H groups in total. The number of hydrogen-bond donors (Lipinski definition) is 1. The molecular formula is C21H19ClN2O3. The predicted octanol–water partition coefficient (Wildman–Crippen LogP) is 4.54. The monoisotopic (exact) mass is 382 g/mol. The Hall–Kier alpha value is -3.05. The third-order valence-corrected chi connectivity index (χ3v) is 4.35. The van der Waals surface area contributed by atoms with E-state index in [1.165, 1.54) is 0 Å². The van der Waals surface area contributed by atoms with E-state index < -0.39 is 11.9 Å². The molecule has 27 heavy (non-hydrogen) atoms. The number of benzene rings is 2. The number of nitrogens with one attached hydrogen (secondary N) is 1. The number of halogens is 1. The van der Waals surface area contributed by atoms with Crippen molar-refractivity contribution in [2.75, 3.05) is 11.9 Å². The molecule has 0 aliphatic carbocycles. The summed E-state index contributed by atoms with van der Waals surface area (Å²) in [4.78, 5) is 24.0. The third-order valence-electron chi connectivity index (χ3n) is 4.09. The molecule has 3 aromatic rings. The molecule has 0 radical (unpaired) electrons. The van der Waals surface area contributed by atoms with Crippen molar-refractivity contribution in [3.63, 3.8) is 0 Å². The Bertz CT molecular complexity index is 941. The van der Waals surface area contributed by atoms with Crippen molar-refractivity contribution in [1.29, 1.82) is 0 Å². The third kappa shape index (κ3) is 4.57. The van der Waals surface area contributed by atoms with E-state index in [9.17, 15) is 9.59 Å². The minimum atomic E-state index is -0.547. The molecule has 1 aromatic heterocycles. The van der Waals surface area contributed by atoms with Crippen molar-refractivity contribution in [2.24, 2.45) is 0 Å². The summed E-state index contributed by atoms with van der Waals surface area (Å²) in [6, 6.07) is 17.8. The van der Waals surface area contributed by atoms with Crippen LogP contribution in [-0.4, -0.2) is 23.1 Å². The fourth-order valence-electron chi connectivity index (χ4n) is 2.77. The molecule has 0 unspecified atom stereocenters. The summed E-state index contributed by atoms with van der Waals surface area (Å²) >= 11 is 5.80. The predicted molar refractivity (Wildman–Crippen MR) is 106 cm³/mol. The summed E-state index contributed by atoms with van der Waals surface area (Å²) in [7, 11) is 0. The second kappa shape index (κ2) is 8.10. The second-order valence-corrected chi connectivity index (χ2v) is 6.57. The fraction of sp³-hybridized carbons (Fsp3) is 0.143. The van der Waals surface area contributed by atoms with Gasteiger partial charge in [-0.1, -0.05) is 11.6 Å². The first-order valence-corrected chi connectivity index (χ1v) is 8.80. The van der Waals surface area contributed by atoms with Crippen molar-refractivity contribution < 1.29 is 14.3 Å². The molecule has 0 spiro atoms. The van der Waals surface area contributed by atoms with Gasteiger partial charge in [-0.2, -0.15) is 0 Å². The summed E-state index contributed by atoms with van der Waals surface area (Å²) < 4.78 is 7.17. The lowest BCUT2D eigenvalue weighted by Crippen LogP contribution is -2.20. The first kappa shape index (κ1) is 18.7. The Labute approximate surface area is 162 Å². The number of aromatic nitrogens is 1. The van der Waals surface area contributed by atoms with Crippen LogP contribution in [0.3, 0.4) is 0 Å². The van der Waals surface area contributed by atoms with E-state index in [0.29, 0.717) is 16.3 Å². The van der Waals surface area contributed by atoms with Gasteiger partial charge in [0.05, 0.1) is 5.56 Å². The number of carbonyl (C=O) groups excluding carboxylic acids is 2. The fourth-order valence-corrected chi connectivity index (χ4v) is 2.89. The lowest BCUT2D eigenvalue weighted by Gasteiger charge is -2.10. The molecule has 0 fully saturated rings. The molecule has 0 atom stereocenters. The summed E-state index contributed by atoms with van der Waals surface area (Å²) in [6.45, 7) is 3.68. The molecule has 0 bridgehead atoms. The molecule has 5 nitrogen and oxygen atoms in total. The van der Waals surface area contributed by atoms with E-state index in [2.05, 4.69) is 9.88 Å². The Morgan fingerprint density at radius 3 is 2.11 bits per heavy atom. The highest BCUT2D eigenvalue weighted by Crippen LogP contribution is 2.17. The summed E-state index contributed by atoms with van der Waals surface area (Å²) in [5.74, 6) is -0.963. The van der Waals surface area contributed by atoms with Crippen LogP contribution in [0.5, 0.6) is 0 Å². The van der Waals surface area contributed by atoms with Gasteiger partial charge < -0.3 is 14.6 Å². The van der Waals surface area contributed by atoms with Crippen LogP contribution in [-0.2, 0) is 9.53 Å². The van der Waals surface area contributed by atoms with Gasteiger partial charge in [0, 0.05) is 27.8 Å². The van der Waals surface area contributed by atoms with Gasteiger partial charge in [-0.15, -0.1) is 0 Å². The van der Waals surface area contributed by atoms with Crippen LogP contribution in [0, 0.1) is 13.8 Å². The first-order chi connectivity index (χ1) is 12.9. The summed E-state index contributed by atoms with van der Waals surface area (Å²) in [6.07, 6.45) is 0. The topological polar surface area (TPSA) is 60.3 Å². The Morgan fingerprint density at radius 1 is 0.926 bits per heavy atom. The molecule has 138 valence electrons. The van der Waals surface area contributed by atoms with Gasteiger partial charge in [-0.3, -0.25) is 4.79 Å². The van der Waals surface area contributed by atoms with Crippen molar-refractivity contribution in [3.05, 3.63) is 82.6 Å². The molecule has 0 aliphatic heterocycles. The average Bonchev–Trinajstić information content (AvgIpc) is 3.00. The highest BCUT2D eigenvalue weighted by atomic mass is 35.5. The number of nitrogens with zero attached hydrogens (tertiary/aromatic N) is 1. The maximum Gasteiger partial charge on any atom is 0.338 e. The quantitative estimate of drug-likeness (QED) is 0.659. The van der Waals surface area contributed by atoms with Gasteiger partial charge in [-0.25, -0.2) is 4.79 Å². The largest absolute Gasteiger partial charge is 0.452 e. The van der Waals surface area contributed by atoms with E-state index in [-0.39, 0.29) is 6.61 Å². The van der Waals surface area contributed by atoms with E-state index in [4.69, 9.17) is 16.3 Å². The SMILES string of the molecule is Cc1ccc(C)n1-c1ccc(C(=O)OCC(=O)Nc2ccc(Cl)cc2)cc1. The van der Waals surface area contributed by atoms with Gasteiger partial charge in [0.25, 0.3) is 5.91 Å². The summed E-state index contributed by atoms with van der Waals surface area (Å²) in [5.41, 5.74) is 4.16. The van der Waals surface area contributed by atoms with Crippen molar-refractivity contribution in [3.8, 4) is 5.69 Å². The highest BCUT2D eigenvalue weighted by molar-refractivity contribution is 6.30. The molecule has 3 rings (SSSR count). The molecular weight excluding hydrogens is 364 g/mol. The molecule has 0 saturated heterocycles. The molecule has 1 amide bonds. The van der Waals surface area contributed by atoms with Crippen LogP contribution in [0.15, 0.2) is 60.7 Å². The van der Waals surface area contributed by atoms with Crippen molar-refractivity contribution >= 4 is 29.2 Å². The zero-order valence-corrected chi connectivity index (χ0v) is 15.8. The number of carbonyl (C=O) groups is 2. The standard InChI is InChI=1S/C21H19ClN2O3/c1-14-3-4-15(2)24(14)19-11-5-16(6-12-19)21(26)27-13-20(25)23-18-9-7-17(22)8-10-18/h3-12H,13H2,1-2H3,(H,23,25). The zero-order chi connectivity index (χ0) is 19.4. The van der Waals surface area contributed by atoms with Crippen LogP contribution < -0.4 is 5.32 Å².